The Morgan fingerprint density at radius 1 is 1.43 bits per heavy atom. The standard InChI is InChI=1S/C16H25N3O2/c1-2-18-7-3-4-12(9-18)8-14-11-19-10-13(16(20)21)5-6-15(19)17-14/h11-13H,2-10H2,1H3,(H,20,21). The lowest BCUT2D eigenvalue weighted by Gasteiger charge is -2.31. The van der Waals surface area contributed by atoms with Gasteiger partial charge in [0.2, 0.25) is 0 Å². The molecule has 1 aromatic rings. The van der Waals surface area contributed by atoms with Crippen LogP contribution in [0.15, 0.2) is 6.20 Å². The molecule has 0 spiro atoms. The van der Waals surface area contributed by atoms with Crippen LogP contribution in [0, 0.1) is 11.8 Å². The van der Waals surface area contributed by atoms with Crippen LogP contribution in [0.5, 0.6) is 0 Å². The molecule has 1 fully saturated rings. The van der Waals surface area contributed by atoms with E-state index < -0.39 is 5.97 Å². The van der Waals surface area contributed by atoms with Crippen LogP contribution in [-0.2, 0) is 24.2 Å². The van der Waals surface area contributed by atoms with Gasteiger partial charge < -0.3 is 14.6 Å². The quantitative estimate of drug-likeness (QED) is 0.919. The van der Waals surface area contributed by atoms with Gasteiger partial charge in [-0.1, -0.05) is 6.92 Å². The lowest BCUT2D eigenvalue weighted by atomic mass is 9.94. The molecule has 5 nitrogen and oxygen atoms in total. The van der Waals surface area contributed by atoms with E-state index in [1.165, 1.54) is 25.9 Å². The summed E-state index contributed by atoms with van der Waals surface area (Å²) in [6, 6.07) is 0. The number of nitrogens with zero attached hydrogens (tertiary/aromatic N) is 3. The Morgan fingerprint density at radius 3 is 3.05 bits per heavy atom. The van der Waals surface area contributed by atoms with E-state index >= 15 is 0 Å². The van der Waals surface area contributed by atoms with E-state index in [1.54, 1.807) is 0 Å². The van der Waals surface area contributed by atoms with Crippen LogP contribution >= 0.6 is 0 Å². The molecule has 0 saturated carbocycles. The zero-order valence-corrected chi connectivity index (χ0v) is 12.8. The second-order valence-corrected chi connectivity index (χ2v) is 6.48. The molecule has 1 N–H and O–H groups in total. The molecule has 0 aliphatic carbocycles. The summed E-state index contributed by atoms with van der Waals surface area (Å²) in [5.74, 6) is 0.850. The number of carboxylic acids is 1. The number of hydrogen-bond donors (Lipinski definition) is 1. The van der Waals surface area contributed by atoms with Crippen LogP contribution < -0.4 is 0 Å². The van der Waals surface area contributed by atoms with E-state index in [4.69, 9.17) is 10.1 Å². The first kappa shape index (κ1) is 14.6. The second-order valence-electron chi connectivity index (χ2n) is 6.48. The van der Waals surface area contributed by atoms with Crippen molar-refractivity contribution in [2.75, 3.05) is 19.6 Å². The summed E-state index contributed by atoms with van der Waals surface area (Å²) < 4.78 is 2.07. The molecule has 0 radical (unpaired) electrons. The molecule has 2 aliphatic rings. The van der Waals surface area contributed by atoms with Crippen molar-refractivity contribution in [2.24, 2.45) is 11.8 Å². The molecule has 2 aliphatic heterocycles. The van der Waals surface area contributed by atoms with Gasteiger partial charge >= 0.3 is 5.97 Å². The number of aromatic nitrogens is 2. The molecule has 0 aromatic carbocycles. The van der Waals surface area contributed by atoms with Crippen LogP contribution in [0.25, 0.3) is 0 Å². The summed E-state index contributed by atoms with van der Waals surface area (Å²) >= 11 is 0. The third kappa shape index (κ3) is 3.28. The van der Waals surface area contributed by atoms with Gasteiger partial charge in [-0.15, -0.1) is 0 Å². The minimum atomic E-state index is -0.679. The summed E-state index contributed by atoms with van der Waals surface area (Å²) in [4.78, 5) is 18.4. The van der Waals surface area contributed by atoms with Crippen LogP contribution in [0.1, 0.15) is 37.7 Å². The number of imidazole rings is 1. The molecular formula is C16H25N3O2. The SMILES string of the molecule is CCN1CCCC(Cc2cn3c(n2)CCC(C(=O)O)C3)C1. The van der Waals surface area contributed by atoms with Crippen molar-refractivity contribution in [1.82, 2.24) is 14.5 Å². The van der Waals surface area contributed by atoms with Gasteiger partial charge in [0.05, 0.1) is 11.6 Å². The third-order valence-corrected chi connectivity index (χ3v) is 4.94. The van der Waals surface area contributed by atoms with Gasteiger partial charge in [0.1, 0.15) is 5.82 Å². The predicted octanol–water partition coefficient (Wildman–Crippen LogP) is 1.80. The summed E-state index contributed by atoms with van der Waals surface area (Å²) in [6.45, 7) is 6.35. The molecule has 116 valence electrons. The molecule has 0 bridgehead atoms. The maximum absolute atomic E-state index is 11.1. The highest BCUT2D eigenvalue weighted by molar-refractivity contribution is 5.70. The number of piperidine rings is 1. The van der Waals surface area contributed by atoms with Crippen molar-refractivity contribution in [3.63, 3.8) is 0 Å². The van der Waals surface area contributed by atoms with E-state index in [-0.39, 0.29) is 5.92 Å². The van der Waals surface area contributed by atoms with E-state index in [1.807, 2.05) is 0 Å². The fourth-order valence-electron chi connectivity index (χ4n) is 3.70. The fraction of sp³-hybridized carbons (Fsp3) is 0.750. The monoisotopic (exact) mass is 291 g/mol. The minimum absolute atomic E-state index is 0.246. The van der Waals surface area contributed by atoms with Crippen molar-refractivity contribution in [2.45, 2.75) is 45.6 Å². The lowest BCUT2D eigenvalue weighted by Crippen LogP contribution is -2.35. The molecule has 1 aromatic heterocycles. The first-order valence-electron chi connectivity index (χ1n) is 8.15. The predicted molar refractivity (Wildman–Crippen MR) is 80.2 cm³/mol. The minimum Gasteiger partial charge on any atom is -0.481 e. The van der Waals surface area contributed by atoms with Crippen molar-refractivity contribution >= 4 is 5.97 Å². The van der Waals surface area contributed by atoms with E-state index in [2.05, 4.69) is 22.6 Å². The van der Waals surface area contributed by atoms with E-state index in [9.17, 15) is 4.79 Å². The zero-order chi connectivity index (χ0) is 14.8. The Bertz CT molecular complexity index is 512. The Kier molecular flexibility index (Phi) is 4.29. The summed E-state index contributed by atoms with van der Waals surface area (Å²) in [6.07, 6.45) is 7.22. The van der Waals surface area contributed by atoms with Crippen LogP contribution in [0.2, 0.25) is 0 Å². The average molecular weight is 291 g/mol. The second kappa shape index (κ2) is 6.18. The maximum atomic E-state index is 11.1. The van der Waals surface area contributed by atoms with Gasteiger partial charge in [0.15, 0.2) is 0 Å². The van der Waals surface area contributed by atoms with Gasteiger partial charge in [0.25, 0.3) is 0 Å². The fourth-order valence-corrected chi connectivity index (χ4v) is 3.70. The number of aliphatic carboxylic acids is 1. The smallest absolute Gasteiger partial charge is 0.308 e. The molecule has 3 rings (SSSR count). The Morgan fingerprint density at radius 2 is 2.29 bits per heavy atom. The summed E-state index contributed by atoms with van der Waals surface area (Å²) in [7, 11) is 0. The maximum Gasteiger partial charge on any atom is 0.308 e. The van der Waals surface area contributed by atoms with Gasteiger partial charge in [-0.3, -0.25) is 4.79 Å². The van der Waals surface area contributed by atoms with Crippen molar-refractivity contribution < 1.29 is 9.90 Å². The number of rotatable bonds is 4. The van der Waals surface area contributed by atoms with Crippen LogP contribution in [0.3, 0.4) is 0 Å². The normalized spacial score (nSPS) is 26.5. The van der Waals surface area contributed by atoms with Gasteiger partial charge in [0, 0.05) is 25.7 Å². The molecular weight excluding hydrogens is 266 g/mol. The topological polar surface area (TPSA) is 58.4 Å². The Labute approximate surface area is 126 Å². The summed E-state index contributed by atoms with van der Waals surface area (Å²) in [5, 5.41) is 9.15. The first-order chi connectivity index (χ1) is 10.2. The molecule has 0 amide bonds. The van der Waals surface area contributed by atoms with Gasteiger partial charge in [-0.05, 0) is 44.7 Å². The third-order valence-electron chi connectivity index (χ3n) is 4.94. The number of aryl methyl sites for hydroxylation is 1. The van der Waals surface area contributed by atoms with E-state index in [0.717, 1.165) is 37.3 Å². The zero-order valence-electron chi connectivity index (χ0n) is 12.8. The van der Waals surface area contributed by atoms with Crippen molar-refractivity contribution in [3.05, 3.63) is 17.7 Å². The highest BCUT2D eigenvalue weighted by Crippen LogP contribution is 2.24. The molecule has 1 saturated heterocycles. The van der Waals surface area contributed by atoms with Crippen LogP contribution in [0.4, 0.5) is 0 Å². The number of fused-ring (bicyclic) bond motifs is 1. The van der Waals surface area contributed by atoms with Crippen molar-refractivity contribution in [3.8, 4) is 0 Å². The Balaban J connectivity index is 1.64. The highest BCUT2D eigenvalue weighted by atomic mass is 16.4. The number of hydrogen-bond acceptors (Lipinski definition) is 3. The lowest BCUT2D eigenvalue weighted by molar-refractivity contribution is -0.142. The average Bonchev–Trinajstić information content (AvgIpc) is 2.88. The van der Waals surface area contributed by atoms with Crippen LogP contribution in [-0.4, -0.2) is 45.2 Å². The van der Waals surface area contributed by atoms with Gasteiger partial charge in [-0.2, -0.15) is 0 Å². The largest absolute Gasteiger partial charge is 0.481 e. The molecule has 3 heterocycles. The van der Waals surface area contributed by atoms with Crippen molar-refractivity contribution in [1.29, 1.82) is 0 Å². The number of carbonyl (C=O) groups is 1. The van der Waals surface area contributed by atoms with E-state index in [0.29, 0.717) is 12.5 Å². The molecule has 21 heavy (non-hydrogen) atoms. The molecule has 5 heteroatoms. The number of likely N-dealkylation sites (tertiary alicyclic amines) is 1. The molecule has 2 unspecified atom stereocenters. The summed E-state index contributed by atoms with van der Waals surface area (Å²) in [5.41, 5.74) is 1.15. The Hall–Kier alpha value is -1.36. The highest BCUT2D eigenvalue weighted by Gasteiger charge is 2.26. The van der Waals surface area contributed by atoms with Gasteiger partial charge in [-0.25, -0.2) is 4.98 Å². The molecule has 2 atom stereocenters. The number of carboxylic acid groups (broad SMARTS) is 1. The first-order valence-corrected chi connectivity index (χ1v) is 8.15.